The highest BCUT2D eigenvalue weighted by atomic mass is 16.5. The van der Waals surface area contributed by atoms with Crippen LogP contribution < -0.4 is 5.32 Å². The Morgan fingerprint density at radius 3 is 2.61 bits per heavy atom. The number of ether oxygens (including phenoxy) is 1. The third-order valence-electron chi connectivity index (χ3n) is 4.73. The molecule has 0 aromatic rings. The maximum absolute atomic E-state index is 5.47. The summed E-state index contributed by atoms with van der Waals surface area (Å²) in [7, 11) is 0. The van der Waals surface area contributed by atoms with Gasteiger partial charge in [0.1, 0.15) is 0 Å². The van der Waals surface area contributed by atoms with E-state index in [1.54, 1.807) is 0 Å². The van der Waals surface area contributed by atoms with Gasteiger partial charge in [-0.1, -0.05) is 12.8 Å². The zero-order valence-corrected chi connectivity index (χ0v) is 12.4. The van der Waals surface area contributed by atoms with E-state index < -0.39 is 0 Å². The molecule has 0 radical (unpaired) electrons. The van der Waals surface area contributed by atoms with Crippen molar-refractivity contribution in [2.75, 3.05) is 32.8 Å². The number of hydrogen-bond donors (Lipinski definition) is 1. The smallest absolute Gasteiger partial charge is 0.0478 e. The second-order valence-corrected chi connectivity index (χ2v) is 6.63. The van der Waals surface area contributed by atoms with Crippen molar-refractivity contribution < 1.29 is 4.74 Å². The molecule has 0 atom stereocenters. The molecule has 1 saturated carbocycles. The zero-order chi connectivity index (χ0) is 13.1. The highest BCUT2D eigenvalue weighted by Crippen LogP contribution is 2.35. The van der Waals surface area contributed by atoms with Crippen LogP contribution in [0.1, 0.15) is 52.9 Å². The monoisotopic (exact) mass is 254 g/mol. The topological polar surface area (TPSA) is 24.5 Å². The Morgan fingerprint density at radius 2 is 1.94 bits per heavy atom. The standard InChI is InChI=1S/C15H30N2O/c1-4-18-11-7-10-17-13-15(8-5-6-9-15)16-12-14(17,2)3/h16H,4-13H2,1-3H3. The van der Waals surface area contributed by atoms with Crippen LogP contribution in [-0.2, 0) is 4.74 Å². The fraction of sp³-hybridized carbons (Fsp3) is 1.00. The molecule has 0 aromatic heterocycles. The van der Waals surface area contributed by atoms with Crippen molar-refractivity contribution >= 4 is 0 Å². The second-order valence-electron chi connectivity index (χ2n) is 6.63. The van der Waals surface area contributed by atoms with Gasteiger partial charge in [0, 0.05) is 43.9 Å². The predicted octanol–water partition coefficient (Wildman–Crippen LogP) is 2.41. The molecular weight excluding hydrogens is 224 g/mol. The molecule has 0 amide bonds. The fourth-order valence-electron chi connectivity index (χ4n) is 3.42. The lowest BCUT2D eigenvalue weighted by molar-refractivity contribution is 0.0202. The lowest BCUT2D eigenvalue weighted by atomic mass is 9.87. The van der Waals surface area contributed by atoms with Crippen LogP contribution in [0.3, 0.4) is 0 Å². The Balaban J connectivity index is 1.87. The Kier molecular flexibility index (Phi) is 4.68. The second kappa shape index (κ2) is 5.89. The zero-order valence-electron chi connectivity index (χ0n) is 12.4. The summed E-state index contributed by atoms with van der Waals surface area (Å²) in [6.07, 6.45) is 6.70. The molecule has 0 unspecified atom stereocenters. The number of nitrogens with zero attached hydrogens (tertiary/aromatic N) is 1. The normalized spacial score (nSPS) is 26.8. The van der Waals surface area contributed by atoms with Gasteiger partial charge >= 0.3 is 0 Å². The van der Waals surface area contributed by atoms with E-state index in [1.807, 2.05) is 0 Å². The third kappa shape index (κ3) is 3.25. The number of nitrogens with one attached hydrogen (secondary N) is 1. The van der Waals surface area contributed by atoms with Gasteiger partial charge in [0.15, 0.2) is 0 Å². The van der Waals surface area contributed by atoms with Gasteiger partial charge in [-0.2, -0.15) is 0 Å². The summed E-state index contributed by atoms with van der Waals surface area (Å²) in [6.45, 7) is 12.1. The summed E-state index contributed by atoms with van der Waals surface area (Å²) in [5.74, 6) is 0. The van der Waals surface area contributed by atoms with Crippen LogP contribution in [-0.4, -0.2) is 48.8 Å². The molecule has 2 fully saturated rings. The van der Waals surface area contributed by atoms with Crippen molar-refractivity contribution in [1.29, 1.82) is 0 Å². The molecular formula is C15H30N2O. The Hall–Kier alpha value is -0.120. The minimum atomic E-state index is 0.292. The molecule has 1 spiro atoms. The van der Waals surface area contributed by atoms with Gasteiger partial charge in [0.25, 0.3) is 0 Å². The van der Waals surface area contributed by atoms with Crippen LogP contribution in [0.4, 0.5) is 0 Å². The first-order valence-corrected chi connectivity index (χ1v) is 7.66. The first kappa shape index (κ1) is 14.3. The Morgan fingerprint density at radius 1 is 1.22 bits per heavy atom. The minimum absolute atomic E-state index is 0.292. The SMILES string of the molecule is CCOCCCN1CC2(CCCC2)NCC1(C)C. The molecule has 2 rings (SSSR count). The van der Waals surface area contributed by atoms with E-state index in [2.05, 4.69) is 31.0 Å². The van der Waals surface area contributed by atoms with Crippen LogP contribution in [0.25, 0.3) is 0 Å². The third-order valence-corrected chi connectivity index (χ3v) is 4.73. The van der Waals surface area contributed by atoms with Crippen molar-refractivity contribution in [1.82, 2.24) is 10.2 Å². The summed E-state index contributed by atoms with van der Waals surface area (Å²) < 4.78 is 5.47. The summed E-state index contributed by atoms with van der Waals surface area (Å²) in [6, 6.07) is 0. The van der Waals surface area contributed by atoms with Crippen LogP contribution in [0, 0.1) is 0 Å². The number of rotatable bonds is 5. The number of hydrogen-bond acceptors (Lipinski definition) is 3. The van der Waals surface area contributed by atoms with Crippen LogP contribution >= 0.6 is 0 Å². The van der Waals surface area contributed by atoms with E-state index >= 15 is 0 Å². The van der Waals surface area contributed by atoms with Gasteiger partial charge in [0.05, 0.1) is 0 Å². The minimum Gasteiger partial charge on any atom is -0.382 e. The van der Waals surface area contributed by atoms with Gasteiger partial charge in [-0.3, -0.25) is 4.90 Å². The average Bonchev–Trinajstić information content (AvgIpc) is 2.78. The molecule has 106 valence electrons. The molecule has 0 bridgehead atoms. The molecule has 1 aliphatic carbocycles. The summed E-state index contributed by atoms with van der Waals surface area (Å²) >= 11 is 0. The molecule has 1 saturated heterocycles. The van der Waals surface area contributed by atoms with Gasteiger partial charge in [-0.15, -0.1) is 0 Å². The van der Waals surface area contributed by atoms with Gasteiger partial charge in [-0.05, 0) is 40.0 Å². The van der Waals surface area contributed by atoms with E-state index in [1.165, 1.54) is 38.8 Å². The Labute approximate surface area is 112 Å². The molecule has 1 aliphatic heterocycles. The quantitative estimate of drug-likeness (QED) is 0.763. The molecule has 3 nitrogen and oxygen atoms in total. The van der Waals surface area contributed by atoms with Crippen molar-refractivity contribution in [3.05, 3.63) is 0 Å². The van der Waals surface area contributed by atoms with E-state index in [0.717, 1.165) is 26.2 Å². The van der Waals surface area contributed by atoms with E-state index in [4.69, 9.17) is 4.74 Å². The van der Waals surface area contributed by atoms with Crippen molar-refractivity contribution in [3.8, 4) is 0 Å². The first-order valence-electron chi connectivity index (χ1n) is 7.66. The first-order chi connectivity index (χ1) is 8.58. The van der Waals surface area contributed by atoms with Crippen LogP contribution in [0.5, 0.6) is 0 Å². The molecule has 1 N–H and O–H groups in total. The largest absolute Gasteiger partial charge is 0.382 e. The molecule has 1 heterocycles. The van der Waals surface area contributed by atoms with Crippen LogP contribution in [0.2, 0.25) is 0 Å². The summed E-state index contributed by atoms with van der Waals surface area (Å²) in [4.78, 5) is 2.69. The Bertz CT molecular complexity index is 259. The number of piperazine rings is 1. The van der Waals surface area contributed by atoms with Crippen LogP contribution in [0.15, 0.2) is 0 Å². The lowest BCUT2D eigenvalue weighted by Gasteiger charge is -2.51. The highest BCUT2D eigenvalue weighted by Gasteiger charge is 2.43. The van der Waals surface area contributed by atoms with E-state index in [9.17, 15) is 0 Å². The predicted molar refractivity (Wildman–Crippen MR) is 76.0 cm³/mol. The van der Waals surface area contributed by atoms with Crippen molar-refractivity contribution in [3.63, 3.8) is 0 Å². The summed E-state index contributed by atoms with van der Waals surface area (Å²) in [5.41, 5.74) is 0.723. The average molecular weight is 254 g/mol. The highest BCUT2D eigenvalue weighted by molar-refractivity contribution is 5.03. The lowest BCUT2D eigenvalue weighted by Crippen LogP contribution is -2.67. The molecule has 3 heteroatoms. The molecule has 2 aliphatic rings. The molecule has 0 aromatic carbocycles. The van der Waals surface area contributed by atoms with E-state index in [-0.39, 0.29) is 0 Å². The van der Waals surface area contributed by atoms with Crippen molar-refractivity contribution in [2.45, 2.75) is 64.0 Å². The summed E-state index contributed by atoms with van der Waals surface area (Å²) in [5, 5.41) is 3.84. The molecule has 18 heavy (non-hydrogen) atoms. The maximum atomic E-state index is 5.47. The van der Waals surface area contributed by atoms with Gasteiger partial charge in [-0.25, -0.2) is 0 Å². The van der Waals surface area contributed by atoms with Gasteiger partial charge in [0.2, 0.25) is 0 Å². The maximum Gasteiger partial charge on any atom is 0.0478 e. The van der Waals surface area contributed by atoms with Crippen molar-refractivity contribution in [2.24, 2.45) is 0 Å². The fourth-order valence-corrected chi connectivity index (χ4v) is 3.42. The van der Waals surface area contributed by atoms with E-state index in [0.29, 0.717) is 11.1 Å². The van der Waals surface area contributed by atoms with Gasteiger partial charge < -0.3 is 10.1 Å².